The van der Waals surface area contributed by atoms with Crippen molar-refractivity contribution in [2.45, 2.75) is 26.8 Å². The van der Waals surface area contributed by atoms with Crippen LogP contribution in [0.4, 0.5) is 0 Å². The van der Waals surface area contributed by atoms with Crippen LogP contribution < -0.4 is 0 Å². The lowest BCUT2D eigenvalue weighted by atomic mass is 10.1. The highest BCUT2D eigenvalue weighted by atomic mass is 16.5. The molecule has 0 unspecified atom stereocenters. The molecule has 122 valence electrons. The maximum atomic E-state index is 12.5. The number of rotatable bonds is 4. The summed E-state index contributed by atoms with van der Waals surface area (Å²) in [5.74, 6) is 1.41. The van der Waals surface area contributed by atoms with Gasteiger partial charge in [0.05, 0.1) is 6.54 Å². The van der Waals surface area contributed by atoms with E-state index in [4.69, 9.17) is 4.52 Å². The van der Waals surface area contributed by atoms with Crippen LogP contribution in [0.5, 0.6) is 0 Å². The van der Waals surface area contributed by atoms with Crippen molar-refractivity contribution in [2.75, 3.05) is 26.2 Å². The summed E-state index contributed by atoms with van der Waals surface area (Å²) >= 11 is 0. The van der Waals surface area contributed by atoms with Crippen LogP contribution >= 0.6 is 0 Å². The van der Waals surface area contributed by atoms with E-state index in [1.165, 1.54) is 5.56 Å². The number of carbonyl (C=O) groups excluding carboxylic acids is 1. The van der Waals surface area contributed by atoms with Gasteiger partial charge in [0.1, 0.15) is 0 Å². The number of aryl methyl sites for hydroxylation is 2. The Kier molecular flexibility index (Phi) is 4.71. The van der Waals surface area contributed by atoms with Crippen molar-refractivity contribution < 1.29 is 9.32 Å². The molecule has 6 heteroatoms. The minimum atomic E-state index is 0.112. The number of nitrogens with zero attached hydrogens (tertiary/aromatic N) is 4. The SMILES string of the molecule is CCc1ccc(C(=O)N2CCN(Cc3nc(C)no3)CC2)cc1. The van der Waals surface area contributed by atoms with Gasteiger partial charge in [-0.2, -0.15) is 4.98 Å². The summed E-state index contributed by atoms with van der Waals surface area (Å²) in [6.45, 7) is 7.66. The zero-order chi connectivity index (χ0) is 16.2. The van der Waals surface area contributed by atoms with Crippen LogP contribution in [-0.4, -0.2) is 52.0 Å². The molecule has 0 saturated carbocycles. The van der Waals surface area contributed by atoms with E-state index in [1.54, 1.807) is 0 Å². The number of hydrogen-bond donors (Lipinski definition) is 0. The Morgan fingerprint density at radius 1 is 1.17 bits per heavy atom. The van der Waals surface area contributed by atoms with Crippen LogP contribution in [0.25, 0.3) is 0 Å². The molecule has 0 bridgehead atoms. The summed E-state index contributed by atoms with van der Waals surface area (Å²) in [4.78, 5) is 20.9. The average Bonchev–Trinajstić information content (AvgIpc) is 3.00. The minimum Gasteiger partial charge on any atom is -0.338 e. The van der Waals surface area contributed by atoms with E-state index >= 15 is 0 Å². The standard InChI is InChI=1S/C17H22N4O2/c1-3-14-4-6-15(7-5-14)17(22)21-10-8-20(9-11-21)12-16-18-13(2)19-23-16/h4-7H,3,8-12H2,1-2H3. The number of hydrogen-bond acceptors (Lipinski definition) is 5. The fourth-order valence-corrected chi connectivity index (χ4v) is 2.77. The van der Waals surface area contributed by atoms with Crippen molar-refractivity contribution >= 4 is 5.91 Å². The molecule has 1 aliphatic rings. The number of benzene rings is 1. The van der Waals surface area contributed by atoms with Crippen molar-refractivity contribution in [2.24, 2.45) is 0 Å². The maximum absolute atomic E-state index is 12.5. The summed E-state index contributed by atoms with van der Waals surface area (Å²) < 4.78 is 5.15. The quantitative estimate of drug-likeness (QED) is 0.862. The van der Waals surface area contributed by atoms with E-state index in [1.807, 2.05) is 36.1 Å². The number of aromatic nitrogens is 2. The molecular formula is C17H22N4O2. The summed E-state index contributed by atoms with van der Waals surface area (Å²) in [6.07, 6.45) is 0.988. The van der Waals surface area contributed by atoms with Gasteiger partial charge in [-0.25, -0.2) is 0 Å². The number of piperazine rings is 1. The molecule has 3 rings (SSSR count). The van der Waals surface area contributed by atoms with Crippen LogP contribution in [0.3, 0.4) is 0 Å². The Morgan fingerprint density at radius 2 is 1.87 bits per heavy atom. The highest BCUT2D eigenvalue weighted by Crippen LogP contribution is 2.12. The first-order valence-electron chi connectivity index (χ1n) is 8.05. The van der Waals surface area contributed by atoms with Gasteiger partial charge in [-0.15, -0.1) is 0 Å². The molecule has 6 nitrogen and oxygen atoms in total. The molecule has 1 amide bonds. The van der Waals surface area contributed by atoms with Crippen LogP contribution in [0.1, 0.15) is 34.6 Å². The molecule has 0 aliphatic carbocycles. The Morgan fingerprint density at radius 3 is 2.43 bits per heavy atom. The average molecular weight is 314 g/mol. The van der Waals surface area contributed by atoms with Gasteiger partial charge in [-0.05, 0) is 31.0 Å². The summed E-state index contributed by atoms with van der Waals surface area (Å²) in [6, 6.07) is 7.91. The van der Waals surface area contributed by atoms with Crippen LogP contribution in [0.2, 0.25) is 0 Å². The Bertz CT molecular complexity index is 657. The molecule has 2 heterocycles. The van der Waals surface area contributed by atoms with E-state index in [0.29, 0.717) is 18.3 Å². The van der Waals surface area contributed by atoms with E-state index in [0.717, 1.165) is 38.2 Å². The molecule has 2 aromatic rings. The lowest BCUT2D eigenvalue weighted by molar-refractivity contribution is 0.0615. The fourth-order valence-electron chi connectivity index (χ4n) is 2.77. The number of amides is 1. The topological polar surface area (TPSA) is 62.5 Å². The van der Waals surface area contributed by atoms with Gasteiger partial charge in [-0.3, -0.25) is 9.69 Å². The van der Waals surface area contributed by atoms with Crippen LogP contribution in [0.15, 0.2) is 28.8 Å². The van der Waals surface area contributed by atoms with Gasteiger partial charge in [0.2, 0.25) is 5.89 Å². The van der Waals surface area contributed by atoms with E-state index in [2.05, 4.69) is 22.0 Å². The molecule has 0 radical (unpaired) electrons. The second-order valence-corrected chi connectivity index (χ2v) is 5.85. The molecule has 1 fully saturated rings. The van der Waals surface area contributed by atoms with E-state index in [9.17, 15) is 4.79 Å². The fraction of sp³-hybridized carbons (Fsp3) is 0.471. The van der Waals surface area contributed by atoms with Crippen molar-refractivity contribution in [3.05, 3.63) is 47.1 Å². The zero-order valence-electron chi connectivity index (χ0n) is 13.7. The zero-order valence-corrected chi connectivity index (χ0v) is 13.7. The molecular weight excluding hydrogens is 292 g/mol. The Hall–Kier alpha value is -2.21. The van der Waals surface area contributed by atoms with Crippen LogP contribution in [-0.2, 0) is 13.0 Å². The first-order valence-corrected chi connectivity index (χ1v) is 8.05. The maximum Gasteiger partial charge on any atom is 0.253 e. The van der Waals surface area contributed by atoms with Gasteiger partial charge in [0.25, 0.3) is 5.91 Å². The lowest BCUT2D eigenvalue weighted by Crippen LogP contribution is -2.48. The smallest absolute Gasteiger partial charge is 0.253 e. The summed E-state index contributed by atoms with van der Waals surface area (Å²) in [5, 5.41) is 3.80. The normalized spacial score (nSPS) is 15.8. The van der Waals surface area contributed by atoms with Gasteiger partial charge in [-0.1, -0.05) is 24.2 Å². The second-order valence-electron chi connectivity index (χ2n) is 5.85. The minimum absolute atomic E-state index is 0.112. The predicted molar refractivity (Wildman–Crippen MR) is 86.0 cm³/mol. The Labute approximate surface area is 136 Å². The number of carbonyl (C=O) groups is 1. The van der Waals surface area contributed by atoms with Crippen LogP contribution in [0, 0.1) is 6.92 Å². The molecule has 23 heavy (non-hydrogen) atoms. The third-order valence-electron chi connectivity index (χ3n) is 4.20. The molecule has 1 aromatic heterocycles. The van der Waals surface area contributed by atoms with Crippen molar-refractivity contribution in [1.82, 2.24) is 19.9 Å². The third kappa shape index (κ3) is 3.76. The highest BCUT2D eigenvalue weighted by molar-refractivity contribution is 5.94. The summed E-state index contributed by atoms with van der Waals surface area (Å²) in [7, 11) is 0. The highest BCUT2D eigenvalue weighted by Gasteiger charge is 2.23. The molecule has 0 spiro atoms. The van der Waals surface area contributed by atoms with Gasteiger partial charge >= 0.3 is 0 Å². The molecule has 1 saturated heterocycles. The summed E-state index contributed by atoms with van der Waals surface area (Å²) in [5.41, 5.74) is 2.02. The molecule has 0 atom stereocenters. The van der Waals surface area contributed by atoms with E-state index in [-0.39, 0.29) is 5.91 Å². The molecule has 0 N–H and O–H groups in total. The monoisotopic (exact) mass is 314 g/mol. The Balaban J connectivity index is 1.54. The lowest BCUT2D eigenvalue weighted by Gasteiger charge is -2.34. The van der Waals surface area contributed by atoms with Gasteiger partial charge in [0.15, 0.2) is 5.82 Å². The van der Waals surface area contributed by atoms with Gasteiger partial charge in [0, 0.05) is 31.7 Å². The van der Waals surface area contributed by atoms with Crippen molar-refractivity contribution in [1.29, 1.82) is 0 Å². The third-order valence-corrected chi connectivity index (χ3v) is 4.20. The largest absolute Gasteiger partial charge is 0.338 e. The van der Waals surface area contributed by atoms with Crippen molar-refractivity contribution in [3.8, 4) is 0 Å². The molecule has 1 aliphatic heterocycles. The molecule has 1 aromatic carbocycles. The second kappa shape index (κ2) is 6.91. The first kappa shape index (κ1) is 15.7. The first-order chi connectivity index (χ1) is 11.2. The van der Waals surface area contributed by atoms with Gasteiger partial charge < -0.3 is 9.42 Å². The predicted octanol–water partition coefficient (Wildman–Crippen LogP) is 1.90. The van der Waals surface area contributed by atoms with Crippen molar-refractivity contribution in [3.63, 3.8) is 0 Å². The van der Waals surface area contributed by atoms with E-state index < -0.39 is 0 Å².